The minimum Gasteiger partial charge on any atom is -0.490 e. The zero-order valence-corrected chi connectivity index (χ0v) is 27.8. The van der Waals surface area contributed by atoms with Gasteiger partial charge >= 0.3 is 0 Å². The van der Waals surface area contributed by atoms with Gasteiger partial charge in [0.05, 0.1) is 25.0 Å². The number of thiophene rings is 1. The molecule has 5 rings (SSSR count). The Hall–Kier alpha value is -3.84. The van der Waals surface area contributed by atoms with Crippen LogP contribution in [0, 0.1) is 32.1 Å². The summed E-state index contributed by atoms with van der Waals surface area (Å²) in [6.45, 7) is 16.6. The van der Waals surface area contributed by atoms with E-state index in [-0.39, 0.29) is 11.3 Å². The molecular weight excluding hydrogens is 568 g/mol. The van der Waals surface area contributed by atoms with Crippen molar-refractivity contribution in [3.8, 4) is 11.5 Å². The molecule has 0 unspecified atom stereocenters. The summed E-state index contributed by atoms with van der Waals surface area (Å²) in [5, 5.41) is 3.79. The largest absolute Gasteiger partial charge is 0.490 e. The van der Waals surface area contributed by atoms with Crippen LogP contribution in [0.2, 0.25) is 0 Å². The SMILES string of the molecule is CCOc1cc(C=Nc2sc3c(c2C(=O)NCc2ccco2)CC[C@H](C(C)(C)C)C3)ccc1OCc1c(C)cc(C)cc1C. The number of nitrogens with one attached hydrogen (secondary N) is 1. The molecule has 7 heteroatoms. The van der Waals surface area contributed by atoms with Gasteiger partial charge in [-0.1, -0.05) is 38.5 Å². The van der Waals surface area contributed by atoms with Crippen molar-refractivity contribution in [2.45, 2.75) is 80.9 Å². The summed E-state index contributed by atoms with van der Waals surface area (Å²) in [7, 11) is 0. The Morgan fingerprint density at radius 2 is 1.86 bits per heavy atom. The number of hydrogen-bond acceptors (Lipinski definition) is 6. The van der Waals surface area contributed by atoms with Crippen LogP contribution in [-0.4, -0.2) is 18.7 Å². The molecule has 0 radical (unpaired) electrons. The number of hydrogen-bond donors (Lipinski definition) is 1. The molecule has 1 aliphatic rings. The zero-order valence-electron chi connectivity index (χ0n) is 27.0. The molecule has 1 N–H and O–H groups in total. The first-order chi connectivity index (χ1) is 21.0. The Morgan fingerprint density at radius 3 is 2.55 bits per heavy atom. The number of amides is 1. The van der Waals surface area contributed by atoms with E-state index in [2.05, 4.69) is 59.0 Å². The lowest BCUT2D eigenvalue weighted by Crippen LogP contribution is -2.28. The summed E-state index contributed by atoms with van der Waals surface area (Å²) in [6.07, 6.45) is 6.36. The Labute approximate surface area is 265 Å². The van der Waals surface area contributed by atoms with Gasteiger partial charge < -0.3 is 19.2 Å². The third-order valence-corrected chi connectivity index (χ3v) is 9.67. The van der Waals surface area contributed by atoms with Crippen molar-refractivity contribution in [1.82, 2.24) is 5.32 Å². The zero-order chi connectivity index (χ0) is 31.4. The van der Waals surface area contributed by atoms with Gasteiger partial charge in [0, 0.05) is 11.1 Å². The lowest BCUT2D eigenvalue weighted by molar-refractivity contribution is 0.0947. The highest BCUT2D eigenvalue weighted by Gasteiger charge is 2.33. The summed E-state index contributed by atoms with van der Waals surface area (Å²) in [5.74, 6) is 2.55. The maximum Gasteiger partial charge on any atom is 0.255 e. The van der Waals surface area contributed by atoms with Crippen LogP contribution in [0.5, 0.6) is 11.5 Å². The third-order valence-electron chi connectivity index (χ3n) is 8.51. The fourth-order valence-corrected chi connectivity index (χ4v) is 7.29. The average molecular weight is 613 g/mol. The minimum absolute atomic E-state index is 0.110. The lowest BCUT2D eigenvalue weighted by Gasteiger charge is -2.33. The summed E-state index contributed by atoms with van der Waals surface area (Å²) >= 11 is 1.64. The van der Waals surface area contributed by atoms with Gasteiger partial charge in [0.1, 0.15) is 17.4 Å². The van der Waals surface area contributed by atoms with Gasteiger partial charge in [0.2, 0.25) is 0 Å². The highest BCUT2D eigenvalue weighted by molar-refractivity contribution is 7.16. The highest BCUT2D eigenvalue weighted by Crippen LogP contribution is 2.45. The van der Waals surface area contributed by atoms with Crippen molar-refractivity contribution in [2.24, 2.45) is 16.3 Å². The van der Waals surface area contributed by atoms with Crippen molar-refractivity contribution in [3.05, 3.63) is 98.3 Å². The second-order valence-electron chi connectivity index (χ2n) is 12.8. The van der Waals surface area contributed by atoms with E-state index in [0.29, 0.717) is 42.7 Å². The Bertz CT molecular complexity index is 1620. The first-order valence-electron chi connectivity index (χ1n) is 15.5. The molecule has 0 spiro atoms. The number of fused-ring (bicyclic) bond motifs is 1. The molecular formula is C37H44N2O4S. The van der Waals surface area contributed by atoms with Crippen LogP contribution in [0.25, 0.3) is 0 Å². The van der Waals surface area contributed by atoms with E-state index >= 15 is 0 Å². The summed E-state index contributed by atoms with van der Waals surface area (Å²) < 4.78 is 17.7. The van der Waals surface area contributed by atoms with Gasteiger partial charge in [-0.3, -0.25) is 4.79 Å². The fourth-order valence-electron chi connectivity index (χ4n) is 6.02. The molecule has 0 saturated carbocycles. The molecule has 44 heavy (non-hydrogen) atoms. The molecule has 232 valence electrons. The van der Waals surface area contributed by atoms with Crippen LogP contribution < -0.4 is 14.8 Å². The van der Waals surface area contributed by atoms with Crippen LogP contribution in [0.15, 0.2) is 58.1 Å². The van der Waals surface area contributed by atoms with Crippen molar-refractivity contribution < 1.29 is 18.7 Å². The van der Waals surface area contributed by atoms with Crippen molar-refractivity contribution in [3.63, 3.8) is 0 Å². The van der Waals surface area contributed by atoms with E-state index < -0.39 is 0 Å². The normalized spacial score (nSPS) is 14.9. The quantitative estimate of drug-likeness (QED) is 0.181. The molecule has 4 aromatic rings. The van der Waals surface area contributed by atoms with E-state index in [1.54, 1.807) is 17.6 Å². The molecule has 0 aliphatic heterocycles. The Kier molecular flexibility index (Phi) is 9.64. The second kappa shape index (κ2) is 13.4. The number of nitrogens with zero attached hydrogens (tertiary/aromatic N) is 1. The van der Waals surface area contributed by atoms with Gasteiger partial charge in [0.25, 0.3) is 5.91 Å². The van der Waals surface area contributed by atoms with E-state index in [0.717, 1.165) is 41.2 Å². The number of carbonyl (C=O) groups excluding carboxylic acids is 1. The molecule has 2 heterocycles. The molecule has 0 bridgehead atoms. The summed E-state index contributed by atoms with van der Waals surface area (Å²) in [4.78, 5) is 19.7. The topological polar surface area (TPSA) is 73.1 Å². The number of benzene rings is 2. The number of aliphatic imine (C=N–C) groups is 1. The predicted octanol–water partition coefficient (Wildman–Crippen LogP) is 9.08. The van der Waals surface area contributed by atoms with Crippen LogP contribution in [-0.2, 0) is 26.0 Å². The first-order valence-corrected chi connectivity index (χ1v) is 16.3. The average Bonchev–Trinajstić information content (AvgIpc) is 3.62. The number of aryl methyl sites for hydroxylation is 3. The molecule has 2 aromatic carbocycles. The van der Waals surface area contributed by atoms with Gasteiger partial charge in [-0.15, -0.1) is 11.3 Å². The van der Waals surface area contributed by atoms with Crippen molar-refractivity contribution in [2.75, 3.05) is 6.61 Å². The van der Waals surface area contributed by atoms with Crippen molar-refractivity contribution in [1.29, 1.82) is 0 Å². The Balaban J connectivity index is 1.40. The Morgan fingerprint density at radius 1 is 1.09 bits per heavy atom. The van der Waals surface area contributed by atoms with E-state index in [1.807, 2.05) is 43.5 Å². The monoisotopic (exact) mass is 612 g/mol. The van der Waals surface area contributed by atoms with Gasteiger partial charge in [0.15, 0.2) is 11.5 Å². The second-order valence-corrected chi connectivity index (χ2v) is 13.9. The highest BCUT2D eigenvalue weighted by atomic mass is 32.1. The lowest BCUT2D eigenvalue weighted by atomic mass is 9.72. The smallest absolute Gasteiger partial charge is 0.255 e. The van der Waals surface area contributed by atoms with E-state index in [1.165, 1.54) is 27.1 Å². The maximum atomic E-state index is 13.6. The summed E-state index contributed by atoms with van der Waals surface area (Å²) in [5.41, 5.74) is 7.81. The molecule has 1 amide bonds. The third kappa shape index (κ3) is 7.27. The number of carbonyl (C=O) groups is 1. The summed E-state index contributed by atoms with van der Waals surface area (Å²) in [6, 6.07) is 13.9. The van der Waals surface area contributed by atoms with Crippen LogP contribution in [0.1, 0.15) is 88.5 Å². The van der Waals surface area contributed by atoms with E-state index in [4.69, 9.17) is 18.9 Å². The molecule has 2 aromatic heterocycles. The molecule has 1 atom stereocenters. The molecule has 1 aliphatic carbocycles. The van der Waals surface area contributed by atoms with Gasteiger partial charge in [-0.05, 0) is 116 Å². The van der Waals surface area contributed by atoms with Gasteiger partial charge in [-0.2, -0.15) is 0 Å². The van der Waals surface area contributed by atoms with Crippen LogP contribution >= 0.6 is 11.3 Å². The predicted molar refractivity (Wildman–Crippen MR) is 179 cm³/mol. The molecule has 6 nitrogen and oxygen atoms in total. The maximum absolute atomic E-state index is 13.6. The number of ether oxygens (including phenoxy) is 2. The van der Waals surface area contributed by atoms with Gasteiger partial charge in [-0.25, -0.2) is 4.99 Å². The van der Waals surface area contributed by atoms with Crippen LogP contribution in [0.4, 0.5) is 5.00 Å². The number of rotatable bonds is 10. The van der Waals surface area contributed by atoms with E-state index in [9.17, 15) is 4.79 Å². The number of furan rings is 1. The standard InChI is InChI=1S/C37H44N2O4S/c1-8-41-32-18-26(11-14-31(32)43-22-30-24(3)16-23(2)17-25(30)4)20-39-36-34(35(40)38-21-28-10-9-15-42-28)29-13-12-27(37(5,6)7)19-33(29)44-36/h9-11,14-18,20,27H,8,12-13,19,21-22H2,1-7H3,(H,38,40)/t27-/m0/s1. The molecule has 0 saturated heterocycles. The minimum atomic E-state index is -0.110. The first kappa shape index (κ1) is 31.6. The fraction of sp³-hybridized carbons (Fsp3) is 0.405. The molecule has 0 fully saturated rings. The van der Waals surface area contributed by atoms with Crippen molar-refractivity contribution >= 4 is 28.5 Å². The van der Waals surface area contributed by atoms with Crippen LogP contribution in [0.3, 0.4) is 0 Å².